The number of hydrogen-bond acceptors (Lipinski definition) is 4. The fourth-order valence-electron chi connectivity index (χ4n) is 10.7. The van der Waals surface area contributed by atoms with Gasteiger partial charge in [0.05, 0.1) is 0 Å². The molecule has 0 N–H and O–H groups in total. The minimum absolute atomic E-state index is 0.297. The van der Waals surface area contributed by atoms with Crippen molar-refractivity contribution in [3.63, 3.8) is 0 Å². The normalized spacial score (nSPS) is 12.1. The second-order valence-electron chi connectivity index (χ2n) is 20.4. The Bertz CT molecular complexity index is 2050. The van der Waals surface area contributed by atoms with Gasteiger partial charge in [0.25, 0.3) is 0 Å². The summed E-state index contributed by atoms with van der Waals surface area (Å²) in [5, 5.41) is 0. The Morgan fingerprint density at radius 3 is 0.269 bits per heavy atom. The van der Waals surface area contributed by atoms with Crippen molar-refractivity contribution in [1.82, 2.24) is 56.0 Å². The molecule has 0 atom stereocenters. The van der Waals surface area contributed by atoms with E-state index in [1.807, 2.05) is 146 Å². The van der Waals surface area contributed by atoms with Crippen LogP contribution < -0.4 is 0 Å². The minimum Gasteiger partial charge on any atom is -0.235 e. The summed E-state index contributed by atoms with van der Waals surface area (Å²) in [5.41, 5.74) is 0. The van der Waals surface area contributed by atoms with Crippen LogP contribution in [0.15, 0.2) is 322 Å². The summed E-state index contributed by atoms with van der Waals surface area (Å²) in [5.74, 6) is 0. The first-order chi connectivity index (χ1) is 45.1. The monoisotopic (exact) mass is 1360 g/mol. The Morgan fingerprint density at radius 1 is 0.151 bits per heavy atom. The third-order valence-electron chi connectivity index (χ3n) is 13.7. The average Bonchev–Trinajstić information content (AvgIpc) is 0.715. The van der Waals surface area contributed by atoms with Crippen molar-refractivity contribution in [3.05, 3.63) is 304 Å². The van der Waals surface area contributed by atoms with Gasteiger partial charge in [-0.2, -0.15) is 0 Å². The van der Waals surface area contributed by atoms with Crippen molar-refractivity contribution >= 4 is 37.9 Å². The lowest BCUT2D eigenvalue weighted by Crippen LogP contribution is -2.44. The van der Waals surface area contributed by atoms with E-state index in [9.17, 15) is 0 Å². The molecule has 93 heavy (non-hydrogen) atoms. The largest absolute Gasteiger partial charge is 0.502 e. The number of nitrogens with zero attached hydrogens (tertiary/aromatic N) is 16. The average molecular weight is 1360 g/mol. The van der Waals surface area contributed by atoms with E-state index in [0.717, 1.165) is 0 Å². The minimum atomic E-state index is -4.82. The lowest BCUT2D eigenvalue weighted by atomic mass is 10.5. The molecule has 0 aliphatic heterocycles. The van der Waals surface area contributed by atoms with Gasteiger partial charge in [-0.25, -0.2) is 56.0 Å². The SMILES string of the molecule is C=CCN(CC=C)P(=N[P+](N=P(N(CC=C)CC=C)(N(CC=C)CC=C)N(CC=C)CC=C)(N=P(N(CC=C)CC=C)(N(CC=C)CC=C)N(CC=C)CC=C)N=P(N(CC=C)CC=C)(N(CC=C)CC=C)N(CC=C)CC=C)(N(CC=C)CC=C)N(CC=C)CC=C. The van der Waals surface area contributed by atoms with E-state index < -0.39 is 37.9 Å². The smallest absolute Gasteiger partial charge is 0.235 e. The van der Waals surface area contributed by atoms with E-state index in [1.54, 1.807) is 0 Å². The van der Waals surface area contributed by atoms with E-state index in [4.69, 9.17) is 18.1 Å². The maximum Gasteiger partial charge on any atom is 0.502 e. The number of hydrogen-bond donors (Lipinski definition) is 0. The first kappa shape index (κ1) is 87.6. The molecule has 0 bridgehead atoms. The molecule has 0 heterocycles. The van der Waals surface area contributed by atoms with E-state index in [0.29, 0.717) is 157 Å². The Hall–Kier alpha value is -5.37. The second-order valence-corrected chi connectivity index (χ2v) is 35.4. The van der Waals surface area contributed by atoms with Crippen molar-refractivity contribution in [1.29, 1.82) is 0 Å². The highest BCUT2D eigenvalue weighted by Crippen LogP contribution is 2.88. The molecule has 0 aromatic heterocycles. The highest BCUT2D eigenvalue weighted by Gasteiger charge is 2.61. The topological polar surface area (TPSA) is 88.3 Å². The summed E-state index contributed by atoms with van der Waals surface area (Å²) in [6.45, 7) is 114. The van der Waals surface area contributed by atoms with Crippen LogP contribution in [0.4, 0.5) is 0 Å². The molecule has 0 amide bonds. The Morgan fingerprint density at radius 2 is 0.215 bits per heavy atom. The first-order valence-corrected chi connectivity index (χ1v) is 39.2. The molecule has 0 rings (SSSR count). The van der Waals surface area contributed by atoms with Crippen LogP contribution in [0, 0.1) is 0 Å². The predicted molar refractivity (Wildman–Crippen MR) is 428 cm³/mol. The van der Waals surface area contributed by atoms with Gasteiger partial charge in [-0.15, -0.1) is 158 Å². The molecule has 0 aromatic carbocycles. The molecule has 0 spiro atoms. The maximum absolute atomic E-state index is 7.12. The van der Waals surface area contributed by atoms with Crippen LogP contribution in [0.5, 0.6) is 0 Å². The van der Waals surface area contributed by atoms with Crippen molar-refractivity contribution in [2.75, 3.05) is 157 Å². The Labute approximate surface area is 569 Å². The summed E-state index contributed by atoms with van der Waals surface area (Å²) in [4.78, 5) is 0. The van der Waals surface area contributed by atoms with Gasteiger partial charge in [-0.1, -0.05) is 146 Å². The second kappa shape index (κ2) is 50.1. The van der Waals surface area contributed by atoms with Crippen LogP contribution in [-0.4, -0.2) is 213 Å². The highest BCUT2D eigenvalue weighted by molar-refractivity contribution is 7.88. The molecule has 0 aliphatic carbocycles. The molecular formula is C72H120N16P5+. The van der Waals surface area contributed by atoms with Crippen LogP contribution >= 0.6 is 37.9 Å². The predicted octanol–water partition coefficient (Wildman–Crippen LogP) is 18.5. The van der Waals surface area contributed by atoms with E-state index in [2.05, 4.69) is 214 Å². The molecular weight excluding hydrogens is 1240 g/mol. The van der Waals surface area contributed by atoms with E-state index in [-0.39, 0.29) is 0 Å². The zero-order chi connectivity index (χ0) is 70.2. The van der Waals surface area contributed by atoms with Gasteiger partial charge >= 0.3 is 7.87 Å². The highest BCUT2D eigenvalue weighted by atomic mass is 31.3. The van der Waals surface area contributed by atoms with Gasteiger partial charge < -0.3 is 0 Å². The zero-order valence-electron chi connectivity index (χ0n) is 57.2. The number of rotatable bonds is 64. The third-order valence-corrected chi connectivity index (χ3v) is 34.4. The first-order valence-electron chi connectivity index (χ1n) is 31.2. The molecule has 21 heteroatoms. The van der Waals surface area contributed by atoms with Crippen molar-refractivity contribution in [2.24, 2.45) is 18.1 Å². The standard InChI is InChI=1S/C72H120N16P5/c1-25-49-77(50-26-2)90(78(51-27-3)52-28-4,79(53-29-5)54-30-6)73-89(74-91(80(55-31-7)56-32-8,81(57-33-9)58-34-10)82(59-35-11)60-36-12,75-92(83(61-37-13)62-38-14,84(63-39-15)64-40-16)85(65-41-17)66-42-18)76-93(86(67-43-19)68-44-20,87(69-45-21)70-46-22)88(71-47-23)72-48-24/h25-48H,1-24,49-72H2/q+1. The molecule has 0 radical (unpaired) electrons. The molecule has 0 fully saturated rings. The fourth-order valence-corrected chi connectivity index (χ4v) is 36.4. The molecule has 0 saturated carbocycles. The van der Waals surface area contributed by atoms with Crippen molar-refractivity contribution in [2.45, 2.75) is 0 Å². The lowest BCUT2D eigenvalue weighted by Gasteiger charge is -2.50. The van der Waals surface area contributed by atoms with Crippen LogP contribution in [-0.2, 0) is 0 Å². The maximum atomic E-state index is 7.12. The van der Waals surface area contributed by atoms with Crippen LogP contribution in [0.2, 0.25) is 0 Å². The van der Waals surface area contributed by atoms with E-state index in [1.165, 1.54) is 0 Å². The van der Waals surface area contributed by atoms with Gasteiger partial charge in [0.1, 0.15) is 0 Å². The Balaban J connectivity index is 15.0. The van der Waals surface area contributed by atoms with Crippen molar-refractivity contribution in [3.8, 4) is 0 Å². The summed E-state index contributed by atoms with van der Waals surface area (Å²) in [6.07, 6.45) is 45.6. The Kier molecular flexibility index (Phi) is 47.2. The summed E-state index contributed by atoms with van der Waals surface area (Å²) >= 11 is 0. The molecule has 0 aromatic rings. The van der Waals surface area contributed by atoms with Crippen LogP contribution in [0.1, 0.15) is 0 Å². The molecule has 0 aliphatic rings. The molecule has 0 unspecified atom stereocenters. The quantitative estimate of drug-likeness (QED) is 0.0429. The van der Waals surface area contributed by atoms with Crippen molar-refractivity contribution < 1.29 is 0 Å². The van der Waals surface area contributed by atoms with Crippen LogP contribution in [0.25, 0.3) is 0 Å². The van der Waals surface area contributed by atoms with Gasteiger partial charge in [0, 0.05) is 157 Å². The van der Waals surface area contributed by atoms with Gasteiger partial charge in [-0.3, -0.25) is 0 Å². The third kappa shape index (κ3) is 23.5. The summed E-state index contributed by atoms with van der Waals surface area (Å²) in [7, 11) is -20.3. The summed E-state index contributed by atoms with van der Waals surface area (Å²) in [6, 6.07) is 0. The van der Waals surface area contributed by atoms with Gasteiger partial charge in [0.15, 0.2) is 0 Å². The molecule has 512 valence electrons. The van der Waals surface area contributed by atoms with Gasteiger partial charge in [0.2, 0.25) is 30.0 Å². The lowest BCUT2D eigenvalue weighted by molar-refractivity contribution is 0.377. The molecule has 0 saturated heterocycles. The van der Waals surface area contributed by atoms with Crippen LogP contribution in [0.3, 0.4) is 0 Å². The van der Waals surface area contributed by atoms with Gasteiger partial charge in [-0.05, 0) is 18.1 Å². The molecule has 16 nitrogen and oxygen atoms in total. The summed E-state index contributed by atoms with van der Waals surface area (Å²) < 4.78 is 56.6. The fraction of sp³-hybridized carbons (Fsp3) is 0.333. The van der Waals surface area contributed by atoms with E-state index >= 15 is 0 Å². The zero-order valence-corrected chi connectivity index (χ0v) is 61.7.